The molecule has 13 heteroatoms. The molecule has 0 fully saturated rings. The topological polar surface area (TPSA) is 120 Å². The van der Waals surface area contributed by atoms with E-state index in [0.29, 0.717) is 40.2 Å². The molecule has 1 aliphatic heterocycles. The number of aromatic nitrogens is 3. The molecule has 246 valence electrons. The normalized spacial score (nSPS) is 14.0. The molecule has 5 aromatic rings. The minimum absolute atomic E-state index is 0.0432. The highest BCUT2D eigenvalue weighted by Gasteiger charge is 2.36. The summed E-state index contributed by atoms with van der Waals surface area (Å²) in [6.07, 6.45) is 0.524. The second-order valence-corrected chi connectivity index (χ2v) is 12.7. The number of hydrazone groups is 1. The number of carbonyl (C=O) groups excluding carboxylic acids is 2. The van der Waals surface area contributed by atoms with Crippen LogP contribution in [0.25, 0.3) is 5.69 Å². The van der Waals surface area contributed by atoms with Crippen molar-refractivity contribution in [2.45, 2.75) is 31.1 Å². The van der Waals surface area contributed by atoms with E-state index in [1.165, 1.54) is 18.9 Å². The number of methoxy groups -OCH3 is 3. The fourth-order valence-corrected chi connectivity index (χ4v) is 7.11. The van der Waals surface area contributed by atoms with Crippen molar-refractivity contribution in [2.75, 3.05) is 27.1 Å². The molecule has 1 aliphatic rings. The van der Waals surface area contributed by atoms with E-state index in [2.05, 4.69) is 15.5 Å². The molecule has 0 radical (unpaired) electrons. The maximum absolute atomic E-state index is 14.0. The molecule has 0 bridgehead atoms. The van der Waals surface area contributed by atoms with Crippen LogP contribution in [0.4, 0.5) is 0 Å². The predicted octanol–water partition coefficient (Wildman–Crippen LogP) is 6.06. The summed E-state index contributed by atoms with van der Waals surface area (Å²) in [6.45, 7) is 2.10. The van der Waals surface area contributed by atoms with Gasteiger partial charge in [0.25, 0.3) is 11.8 Å². The minimum Gasteiger partial charge on any atom is -0.496 e. The quantitative estimate of drug-likeness (QED) is 0.158. The highest BCUT2D eigenvalue weighted by Crippen LogP contribution is 2.42. The van der Waals surface area contributed by atoms with Gasteiger partial charge in [0.2, 0.25) is 0 Å². The molecule has 2 amide bonds. The Morgan fingerprint density at radius 2 is 1.73 bits per heavy atom. The Kier molecular flexibility index (Phi) is 10.1. The van der Waals surface area contributed by atoms with Crippen molar-refractivity contribution in [3.8, 4) is 22.9 Å². The molecule has 1 atom stereocenters. The molecule has 3 heterocycles. The molecule has 48 heavy (non-hydrogen) atoms. The van der Waals surface area contributed by atoms with Gasteiger partial charge in [-0.3, -0.25) is 14.2 Å². The van der Waals surface area contributed by atoms with E-state index in [9.17, 15) is 9.59 Å². The minimum atomic E-state index is -0.393. The van der Waals surface area contributed by atoms with Gasteiger partial charge in [-0.15, -0.1) is 21.5 Å². The smallest absolute Gasteiger partial charge is 0.255 e. The third-order valence-corrected chi connectivity index (χ3v) is 9.64. The molecule has 11 nitrogen and oxygen atoms in total. The Morgan fingerprint density at radius 3 is 2.48 bits per heavy atom. The van der Waals surface area contributed by atoms with Gasteiger partial charge in [-0.2, -0.15) is 5.10 Å². The number of nitrogens with zero attached hydrogens (tertiary/aromatic N) is 5. The van der Waals surface area contributed by atoms with Crippen LogP contribution in [0, 0.1) is 6.92 Å². The molecular weight excluding hydrogens is 649 g/mol. The number of benzene rings is 3. The van der Waals surface area contributed by atoms with Gasteiger partial charge in [0.05, 0.1) is 55.8 Å². The van der Waals surface area contributed by atoms with E-state index in [4.69, 9.17) is 19.3 Å². The molecule has 6 rings (SSSR count). The lowest BCUT2D eigenvalue weighted by molar-refractivity contribution is -0.130. The highest BCUT2D eigenvalue weighted by molar-refractivity contribution is 7.99. The van der Waals surface area contributed by atoms with Gasteiger partial charge in [0.1, 0.15) is 5.75 Å². The van der Waals surface area contributed by atoms with Gasteiger partial charge in [0.15, 0.2) is 22.5 Å². The van der Waals surface area contributed by atoms with Crippen LogP contribution in [-0.4, -0.2) is 64.4 Å². The molecule has 3 aromatic carbocycles. The van der Waals surface area contributed by atoms with Crippen LogP contribution < -0.4 is 19.5 Å². The number of thioether (sulfide) groups is 1. The summed E-state index contributed by atoms with van der Waals surface area (Å²) >= 11 is 2.84. The van der Waals surface area contributed by atoms with Gasteiger partial charge in [-0.1, -0.05) is 54.2 Å². The molecule has 0 saturated heterocycles. The van der Waals surface area contributed by atoms with Crippen LogP contribution in [0.2, 0.25) is 0 Å². The summed E-state index contributed by atoms with van der Waals surface area (Å²) in [6, 6.07) is 24.1. The van der Waals surface area contributed by atoms with E-state index in [-0.39, 0.29) is 24.1 Å². The number of aryl methyl sites for hydroxylation is 1. The van der Waals surface area contributed by atoms with E-state index < -0.39 is 6.04 Å². The van der Waals surface area contributed by atoms with E-state index in [0.717, 1.165) is 27.4 Å². The number of rotatable bonds is 12. The van der Waals surface area contributed by atoms with E-state index in [1.807, 2.05) is 71.5 Å². The Labute approximate surface area is 286 Å². The number of hydrogen-bond donors (Lipinski definition) is 1. The largest absolute Gasteiger partial charge is 0.496 e. The van der Waals surface area contributed by atoms with E-state index in [1.54, 1.807) is 54.8 Å². The average molecular weight is 683 g/mol. The zero-order chi connectivity index (χ0) is 33.6. The average Bonchev–Trinajstić information content (AvgIpc) is 3.89. The first kappa shape index (κ1) is 32.8. The molecule has 0 unspecified atom stereocenters. The fourth-order valence-electron chi connectivity index (χ4n) is 5.56. The van der Waals surface area contributed by atoms with Crippen LogP contribution in [0.3, 0.4) is 0 Å². The van der Waals surface area contributed by atoms with Crippen molar-refractivity contribution in [2.24, 2.45) is 5.10 Å². The molecule has 1 N–H and O–H groups in total. The lowest BCUT2D eigenvalue weighted by atomic mass is 9.99. The standard InChI is InChI=1S/C35H34N6O5S2/c1-22-10-7-11-23(18-22)40-31(20-36-34(43)25-12-5-6-14-28(25)44-2)37-38-35(40)48-21-32(42)41-27(19-26(39-41)30-16-9-17-47-30)24-13-8-15-29(45-3)33(24)46-4/h5-18,27H,19-21H2,1-4H3,(H,36,43)/t27-/m0/s1. The van der Waals surface area contributed by atoms with Gasteiger partial charge >= 0.3 is 0 Å². The Bertz CT molecular complexity index is 1960. The number of nitrogens with one attached hydrogen (secondary N) is 1. The summed E-state index contributed by atoms with van der Waals surface area (Å²) in [5, 5.41) is 20.7. The monoisotopic (exact) mass is 682 g/mol. The van der Waals surface area contributed by atoms with Gasteiger partial charge in [-0.05, 0) is 54.3 Å². The van der Waals surface area contributed by atoms with Gasteiger partial charge < -0.3 is 19.5 Å². The van der Waals surface area contributed by atoms with Crippen molar-refractivity contribution in [3.63, 3.8) is 0 Å². The first-order chi connectivity index (χ1) is 23.4. The zero-order valence-electron chi connectivity index (χ0n) is 26.9. The number of para-hydroxylation sites is 2. The Hall–Kier alpha value is -5.14. The molecular formula is C35H34N6O5S2. The lowest BCUT2D eigenvalue weighted by Gasteiger charge is -2.24. The number of carbonyl (C=O) groups is 2. The summed E-state index contributed by atoms with van der Waals surface area (Å²) in [5.41, 5.74) is 3.90. The maximum atomic E-state index is 14.0. The lowest BCUT2D eigenvalue weighted by Crippen LogP contribution is -2.29. The first-order valence-corrected chi connectivity index (χ1v) is 17.0. The van der Waals surface area contributed by atoms with Crippen LogP contribution >= 0.6 is 23.1 Å². The zero-order valence-corrected chi connectivity index (χ0v) is 28.5. The number of hydrogen-bond acceptors (Lipinski definition) is 10. The van der Waals surface area contributed by atoms with Crippen molar-refractivity contribution >= 4 is 40.6 Å². The van der Waals surface area contributed by atoms with E-state index >= 15 is 0 Å². The fraction of sp³-hybridized carbons (Fsp3) is 0.229. The van der Waals surface area contributed by atoms with Crippen molar-refractivity contribution in [1.82, 2.24) is 25.1 Å². The first-order valence-electron chi connectivity index (χ1n) is 15.1. The van der Waals surface area contributed by atoms with Crippen LogP contribution in [-0.2, 0) is 11.3 Å². The molecule has 0 saturated carbocycles. The second-order valence-electron chi connectivity index (χ2n) is 10.8. The van der Waals surface area contributed by atoms with Crippen LogP contribution in [0.5, 0.6) is 17.2 Å². The van der Waals surface area contributed by atoms with Gasteiger partial charge in [0, 0.05) is 17.7 Å². The number of amides is 2. The SMILES string of the molecule is COc1ccccc1C(=O)NCc1nnc(SCC(=O)N2N=C(c3cccs3)C[C@H]2c2cccc(OC)c2OC)n1-c1cccc(C)c1. The van der Waals surface area contributed by atoms with Crippen molar-refractivity contribution in [3.05, 3.63) is 112 Å². The summed E-state index contributed by atoms with van der Waals surface area (Å²) in [7, 11) is 4.71. The van der Waals surface area contributed by atoms with Crippen molar-refractivity contribution < 1.29 is 23.8 Å². The van der Waals surface area contributed by atoms with Crippen LogP contribution in [0.15, 0.2) is 94.5 Å². The highest BCUT2D eigenvalue weighted by atomic mass is 32.2. The molecule has 0 spiro atoms. The van der Waals surface area contributed by atoms with Crippen LogP contribution in [0.1, 0.15) is 44.6 Å². The Morgan fingerprint density at radius 1 is 0.938 bits per heavy atom. The molecule has 2 aromatic heterocycles. The predicted molar refractivity (Wildman–Crippen MR) is 186 cm³/mol. The second kappa shape index (κ2) is 14.7. The molecule has 0 aliphatic carbocycles. The summed E-state index contributed by atoms with van der Waals surface area (Å²) < 4.78 is 18.5. The number of thiophene rings is 1. The third-order valence-electron chi connectivity index (χ3n) is 7.81. The Balaban J connectivity index is 1.27. The van der Waals surface area contributed by atoms with Crippen molar-refractivity contribution in [1.29, 1.82) is 0 Å². The summed E-state index contributed by atoms with van der Waals surface area (Å²) in [4.78, 5) is 28.1. The van der Waals surface area contributed by atoms with Gasteiger partial charge in [-0.25, -0.2) is 5.01 Å². The number of ether oxygens (including phenoxy) is 3. The maximum Gasteiger partial charge on any atom is 0.255 e. The third kappa shape index (κ3) is 6.78. The summed E-state index contributed by atoms with van der Waals surface area (Å²) in [5.74, 6) is 1.67.